The van der Waals surface area contributed by atoms with Gasteiger partial charge in [0.15, 0.2) is 0 Å². The zero-order chi connectivity index (χ0) is 19.9. The van der Waals surface area contributed by atoms with Crippen molar-refractivity contribution in [2.75, 3.05) is 0 Å². The Morgan fingerprint density at radius 3 is 2.50 bits per heavy atom. The number of hydrogen-bond acceptors (Lipinski definition) is 3. The van der Waals surface area contributed by atoms with Gasteiger partial charge in [-0.2, -0.15) is 0 Å². The number of nitrogens with zero attached hydrogens (tertiary/aromatic N) is 6. The largest absolute Gasteiger partial charge is 0.360 e. The minimum atomic E-state index is -0.293. The second kappa shape index (κ2) is 6.57. The van der Waals surface area contributed by atoms with E-state index in [2.05, 4.69) is 45.2 Å². The molecule has 0 radical (unpaired) electrons. The molecule has 0 bridgehead atoms. The van der Waals surface area contributed by atoms with E-state index in [0.29, 0.717) is 17.2 Å². The fourth-order valence-corrected chi connectivity index (χ4v) is 3.16. The first-order chi connectivity index (χ1) is 13.4. The molecule has 0 saturated carbocycles. The van der Waals surface area contributed by atoms with Crippen LogP contribution in [0.15, 0.2) is 48.9 Å². The van der Waals surface area contributed by atoms with Crippen LogP contribution in [0.2, 0.25) is 0 Å². The molecular weight excluding hydrogens is 355 g/mol. The standard InChI is InChI=1S/C21H19FN6/c1-21(2,3)12-27-13-25-19(14-5-7-15(22)8-6-14)20(27)16-9-10-17-24-11-18(23-4)28(17)26-16/h5-11,13H,12H2,1-3H3. The molecule has 3 heterocycles. The van der Waals surface area contributed by atoms with Crippen LogP contribution in [-0.4, -0.2) is 24.1 Å². The van der Waals surface area contributed by atoms with Gasteiger partial charge in [-0.25, -0.2) is 14.4 Å². The van der Waals surface area contributed by atoms with E-state index >= 15 is 0 Å². The Kier molecular flexibility index (Phi) is 4.19. The summed E-state index contributed by atoms with van der Waals surface area (Å²) in [7, 11) is 0. The summed E-state index contributed by atoms with van der Waals surface area (Å²) in [6.07, 6.45) is 3.29. The quantitative estimate of drug-likeness (QED) is 0.475. The molecular formula is C21H19FN6. The van der Waals surface area contributed by atoms with Crippen LogP contribution < -0.4 is 0 Å². The lowest BCUT2D eigenvalue weighted by molar-refractivity contribution is 0.345. The maximum absolute atomic E-state index is 13.4. The highest BCUT2D eigenvalue weighted by atomic mass is 19.1. The van der Waals surface area contributed by atoms with E-state index in [1.54, 1.807) is 18.5 Å². The molecule has 0 N–H and O–H groups in total. The molecule has 6 nitrogen and oxygen atoms in total. The molecule has 4 aromatic rings. The van der Waals surface area contributed by atoms with Crippen molar-refractivity contribution in [3.63, 3.8) is 0 Å². The molecule has 0 saturated heterocycles. The van der Waals surface area contributed by atoms with E-state index in [1.165, 1.54) is 22.8 Å². The van der Waals surface area contributed by atoms with E-state index in [4.69, 9.17) is 6.57 Å². The second-order valence-electron chi connectivity index (χ2n) is 7.85. The van der Waals surface area contributed by atoms with Gasteiger partial charge in [-0.15, -0.1) is 4.52 Å². The molecule has 0 spiro atoms. The van der Waals surface area contributed by atoms with Gasteiger partial charge in [-0.3, -0.25) is 0 Å². The van der Waals surface area contributed by atoms with Gasteiger partial charge in [-0.1, -0.05) is 32.4 Å². The molecule has 0 aliphatic heterocycles. The summed E-state index contributed by atoms with van der Waals surface area (Å²) >= 11 is 0. The highest BCUT2D eigenvalue weighted by molar-refractivity contribution is 5.77. The highest BCUT2D eigenvalue weighted by Gasteiger charge is 2.22. The van der Waals surface area contributed by atoms with Crippen LogP contribution in [0, 0.1) is 17.8 Å². The first kappa shape index (κ1) is 17.9. The first-order valence-electron chi connectivity index (χ1n) is 8.89. The third-order valence-electron chi connectivity index (χ3n) is 4.30. The molecule has 0 fully saturated rings. The van der Waals surface area contributed by atoms with E-state index in [1.807, 2.05) is 12.1 Å². The van der Waals surface area contributed by atoms with Crippen molar-refractivity contribution in [3.05, 3.63) is 66.2 Å². The number of rotatable bonds is 3. The van der Waals surface area contributed by atoms with Crippen LogP contribution in [0.1, 0.15) is 20.8 Å². The highest BCUT2D eigenvalue weighted by Crippen LogP contribution is 2.32. The molecule has 140 valence electrons. The van der Waals surface area contributed by atoms with Crippen molar-refractivity contribution < 1.29 is 4.39 Å². The normalized spacial score (nSPS) is 11.7. The van der Waals surface area contributed by atoms with Crippen LogP contribution in [0.3, 0.4) is 0 Å². The molecule has 1 aromatic carbocycles. The van der Waals surface area contributed by atoms with Crippen molar-refractivity contribution in [3.8, 4) is 22.6 Å². The fraction of sp³-hybridized carbons (Fsp3) is 0.238. The van der Waals surface area contributed by atoms with Gasteiger partial charge in [-0.05, 0) is 35.7 Å². The van der Waals surface area contributed by atoms with Gasteiger partial charge in [0.05, 0.1) is 23.9 Å². The van der Waals surface area contributed by atoms with E-state index in [9.17, 15) is 4.39 Å². The van der Waals surface area contributed by atoms with Crippen LogP contribution in [0.5, 0.6) is 0 Å². The van der Waals surface area contributed by atoms with Gasteiger partial charge in [0.25, 0.3) is 5.82 Å². The van der Waals surface area contributed by atoms with Crippen molar-refractivity contribution in [2.24, 2.45) is 5.41 Å². The predicted molar refractivity (Wildman–Crippen MR) is 105 cm³/mol. The number of hydrogen-bond donors (Lipinski definition) is 0. The number of halogens is 1. The number of imidazole rings is 2. The second-order valence-corrected chi connectivity index (χ2v) is 7.85. The summed E-state index contributed by atoms with van der Waals surface area (Å²) in [4.78, 5) is 12.3. The molecule has 0 aliphatic rings. The molecule has 7 heteroatoms. The smallest absolute Gasteiger partial charge is 0.275 e. The Hall–Kier alpha value is -3.53. The lowest BCUT2D eigenvalue weighted by Gasteiger charge is -2.20. The van der Waals surface area contributed by atoms with Crippen molar-refractivity contribution in [1.29, 1.82) is 0 Å². The lowest BCUT2D eigenvalue weighted by Crippen LogP contribution is -2.16. The van der Waals surface area contributed by atoms with Crippen molar-refractivity contribution >= 4 is 11.5 Å². The van der Waals surface area contributed by atoms with Gasteiger partial charge >= 0.3 is 0 Å². The summed E-state index contributed by atoms with van der Waals surface area (Å²) in [6, 6.07) is 9.97. The predicted octanol–water partition coefficient (Wildman–Crippen LogP) is 5.00. The maximum atomic E-state index is 13.4. The van der Waals surface area contributed by atoms with Crippen LogP contribution in [0.4, 0.5) is 10.2 Å². The van der Waals surface area contributed by atoms with E-state index < -0.39 is 0 Å². The molecule has 0 atom stereocenters. The van der Waals surface area contributed by atoms with Gasteiger partial charge in [0, 0.05) is 18.2 Å². The van der Waals surface area contributed by atoms with E-state index in [0.717, 1.165) is 23.5 Å². The SMILES string of the molecule is [C-]#[N+]c1cnc2ccc(-c3c(-c4ccc(F)cc4)ncn3CC(C)(C)C)nn12. The number of aromatic nitrogens is 5. The Balaban J connectivity index is 1.94. The average molecular weight is 374 g/mol. The van der Waals surface area contributed by atoms with Crippen molar-refractivity contribution in [1.82, 2.24) is 24.1 Å². The summed E-state index contributed by atoms with van der Waals surface area (Å²) in [5.41, 5.74) is 3.67. The Bertz CT molecular complexity index is 1190. The van der Waals surface area contributed by atoms with Crippen LogP contribution in [0.25, 0.3) is 33.1 Å². The molecule has 4 rings (SSSR count). The third kappa shape index (κ3) is 3.25. The average Bonchev–Trinajstić information content (AvgIpc) is 3.24. The van der Waals surface area contributed by atoms with Crippen molar-refractivity contribution in [2.45, 2.75) is 27.3 Å². The molecule has 28 heavy (non-hydrogen) atoms. The molecule has 0 unspecified atom stereocenters. The minimum absolute atomic E-state index is 0.0241. The lowest BCUT2D eigenvalue weighted by atomic mass is 9.96. The van der Waals surface area contributed by atoms with Gasteiger partial charge in [0.2, 0.25) is 5.65 Å². The monoisotopic (exact) mass is 374 g/mol. The minimum Gasteiger partial charge on any atom is -0.360 e. The number of benzene rings is 1. The fourth-order valence-electron chi connectivity index (χ4n) is 3.16. The number of fused-ring (bicyclic) bond motifs is 1. The van der Waals surface area contributed by atoms with Gasteiger partial charge < -0.3 is 9.41 Å². The zero-order valence-corrected chi connectivity index (χ0v) is 15.9. The molecule has 3 aromatic heterocycles. The summed E-state index contributed by atoms with van der Waals surface area (Å²) in [5.74, 6) is 0.0566. The Morgan fingerprint density at radius 2 is 1.82 bits per heavy atom. The summed E-state index contributed by atoms with van der Waals surface area (Å²) in [5, 5.41) is 4.65. The Labute approximate surface area is 162 Å². The Morgan fingerprint density at radius 1 is 1.07 bits per heavy atom. The third-order valence-corrected chi connectivity index (χ3v) is 4.30. The topological polar surface area (TPSA) is 52.4 Å². The molecule has 0 aliphatic carbocycles. The summed E-state index contributed by atoms with van der Waals surface area (Å²) < 4.78 is 17.0. The maximum Gasteiger partial charge on any atom is 0.275 e. The zero-order valence-electron chi connectivity index (χ0n) is 15.9. The van der Waals surface area contributed by atoms with E-state index in [-0.39, 0.29) is 11.2 Å². The van der Waals surface area contributed by atoms with Crippen LogP contribution >= 0.6 is 0 Å². The molecule has 0 amide bonds. The van der Waals surface area contributed by atoms with Gasteiger partial charge in [0.1, 0.15) is 11.5 Å². The summed E-state index contributed by atoms with van der Waals surface area (Å²) in [6.45, 7) is 14.5. The van der Waals surface area contributed by atoms with Crippen LogP contribution in [-0.2, 0) is 6.54 Å². The first-order valence-corrected chi connectivity index (χ1v) is 8.89.